The summed E-state index contributed by atoms with van der Waals surface area (Å²) in [6, 6.07) is 0. The van der Waals surface area contributed by atoms with Gasteiger partial charge in [-0.15, -0.1) is 0 Å². The van der Waals surface area contributed by atoms with Crippen LogP contribution in [-0.4, -0.2) is 34.0 Å². The predicted molar refractivity (Wildman–Crippen MR) is 79.7 cm³/mol. The molecule has 0 aromatic rings. The van der Waals surface area contributed by atoms with Crippen LogP contribution in [-0.2, 0) is 9.59 Å². The van der Waals surface area contributed by atoms with E-state index in [0.717, 1.165) is 37.0 Å². The Morgan fingerprint density at radius 2 is 1.62 bits per heavy atom. The third kappa shape index (κ3) is 2.58. The molecule has 0 saturated heterocycles. The fourth-order valence-corrected chi connectivity index (χ4v) is 5.50. The van der Waals surface area contributed by atoms with Crippen LogP contribution in [0.5, 0.6) is 0 Å². The van der Waals surface area contributed by atoms with E-state index in [-0.39, 0.29) is 11.4 Å². The Hall–Kier alpha value is -1.06. The normalized spacial score (nSPS) is 38.3. The van der Waals surface area contributed by atoms with Crippen LogP contribution in [0.2, 0.25) is 0 Å². The lowest BCUT2D eigenvalue weighted by atomic mass is 9.52. The topological polar surface area (TPSA) is 57.6 Å². The van der Waals surface area contributed by atoms with Gasteiger partial charge in [0.2, 0.25) is 5.91 Å². The zero-order valence-electron chi connectivity index (χ0n) is 13.2. The summed E-state index contributed by atoms with van der Waals surface area (Å²) in [4.78, 5) is 25.7. The molecule has 1 N–H and O–H groups in total. The van der Waals surface area contributed by atoms with Crippen LogP contribution < -0.4 is 0 Å². The minimum Gasteiger partial charge on any atom is -0.481 e. The van der Waals surface area contributed by atoms with Crippen molar-refractivity contribution < 1.29 is 14.7 Å². The van der Waals surface area contributed by atoms with Gasteiger partial charge in [-0.05, 0) is 56.3 Å². The SMILES string of the molecule is CCC(=O)N(CC(C)C(=O)O)C12CC3CC(CC(C3)C1)C2. The average Bonchev–Trinajstić information content (AvgIpc) is 2.41. The Balaban J connectivity index is 1.85. The number of carboxylic acids is 1. The summed E-state index contributed by atoms with van der Waals surface area (Å²) in [5, 5.41) is 9.23. The fraction of sp³-hybridized carbons (Fsp3) is 0.882. The van der Waals surface area contributed by atoms with Crippen molar-refractivity contribution in [3.05, 3.63) is 0 Å². The highest BCUT2D eigenvalue weighted by molar-refractivity contribution is 5.78. The Labute approximate surface area is 126 Å². The molecule has 4 nitrogen and oxygen atoms in total. The van der Waals surface area contributed by atoms with Gasteiger partial charge in [-0.2, -0.15) is 0 Å². The summed E-state index contributed by atoms with van der Waals surface area (Å²) < 4.78 is 0. The summed E-state index contributed by atoms with van der Waals surface area (Å²) in [6.07, 6.45) is 7.81. The van der Waals surface area contributed by atoms with E-state index in [4.69, 9.17) is 0 Å². The largest absolute Gasteiger partial charge is 0.481 e. The predicted octanol–water partition coefficient (Wildman–Crippen LogP) is 2.91. The lowest BCUT2D eigenvalue weighted by Gasteiger charge is -2.60. The second-order valence-electron chi connectivity index (χ2n) is 7.74. The molecular weight excluding hydrogens is 266 g/mol. The summed E-state index contributed by atoms with van der Waals surface area (Å²) in [6.45, 7) is 3.99. The van der Waals surface area contributed by atoms with Crippen LogP contribution in [0, 0.1) is 23.7 Å². The molecule has 4 fully saturated rings. The molecule has 0 spiro atoms. The van der Waals surface area contributed by atoms with Gasteiger partial charge in [-0.3, -0.25) is 9.59 Å². The Kier molecular flexibility index (Phi) is 3.74. The standard InChI is InChI=1S/C17H27NO3/c1-3-15(19)18(10-11(2)16(20)21)17-7-12-4-13(8-17)6-14(5-12)9-17/h11-14H,3-10H2,1-2H3,(H,20,21). The highest BCUT2D eigenvalue weighted by atomic mass is 16.4. The number of hydrogen-bond donors (Lipinski definition) is 1. The molecule has 4 aliphatic carbocycles. The molecule has 4 aliphatic rings. The molecule has 4 bridgehead atoms. The molecule has 1 unspecified atom stereocenters. The van der Waals surface area contributed by atoms with Crippen LogP contribution in [0.4, 0.5) is 0 Å². The van der Waals surface area contributed by atoms with Gasteiger partial charge in [0.1, 0.15) is 0 Å². The molecule has 0 aromatic carbocycles. The van der Waals surface area contributed by atoms with Crippen molar-refractivity contribution in [2.45, 2.75) is 64.3 Å². The van der Waals surface area contributed by atoms with Crippen LogP contribution in [0.3, 0.4) is 0 Å². The number of nitrogens with zero attached hydrogens (tertiary/aromatic N) is 1. The van der Waals surface area contributed by atoms with E-state index < -0.39 is 11.9 Å². The van der Waals surface area contributed by atoms with Gasteiger partial charge in [0.15, 0.2) is 0 Å². The highest BCUT2D eigenvalue weighted by Gasteiger charge is 2.54. The molecule has 0 aromatic heterocycles. The number of hydrogen-bond acceptors (Lipinski definition) is 2. The van der Waals surface area contributed by atoms with Gasteiger partial charge in [-0.1, -0.05) is 13.8 Å². The van der Waals surface area contributed by atoms with Crippen molar-refractivity contribution in [2.75, 3.05) is 6.54 Å². The van der Waals surface area contributed by atoms with Crippen molar-refractivity contribution in [3.8, 4) is 0 Å². The van der Waals surface area contributed by atoms with Crippen molar-refractivity contribution in [1.29, 1.82) is 0 Å². The van der Waals surface area contributed by atoms with E-state index in [9.17, 15) is 14.7 Å². The van der Waals surface area contributed by atoms with E-state index in [1.807, 2.05) is 11.8 Å². The van der Waals surface area contributed by atoms with E-state index in [1.165, 1.54) is 19.3 Å². The van der Waals surface area contributed by atoms with Crippen LogP contribution in [0.1, 0.15) is 58.8 Å². The number of carbonyl (C=O) groups excluding carboxylic acids is 1. The molecule has 1 amide bonds. The summed E-state index contributed by atoms with van der Waals surface area (Å²) in [5.74, 6) is 1.17. The quantitative estimate of drug-likeness (QED) is 0.848. The van der Waals surface area contributed by atoms with Gasteiger partial charge >= 0.3 is 5.97 Å². The van der Waals surface area contributed by atoms with Crippen molar-refractivity contribution in [2.24, 2.45) is 23.7 Å². The van der Waals surface area contributed by atoms with Gasteiger partial charge in [0.25, 0.3) is 0 Å². The maximum atomic E-state index is 12.5. The first-order valence-electron chi connectivity index (χ1n) is 8.47. The number of rotatable bonds is 5. The minimum atomic E-state index is -0.798. The maximum absolute atomic E-state index is 12.5. The Bertz CT molecular complexity index is 410. The molecule has 0 radical (unpaired) electrons. The van der Waals surface area contributed by atoms with E-state index in [2.05, 4.69) is 0 Å². The molecule has 118 valence electrons. The third-order valence-electron chi connectivity index (χ3n) is 6.06. The number of amides is 1. The first-order valence-corrected chi connectivity index (χ1v) is 8.47. The lowest BCUT2D eigenvalue weighted by molar-refractivity contribution is -0.155. The van der Waals surface area contributed by atoms with E-state index in [0.29, 0.717) is 13.0 Å². The van der Waals surface area contributed by atoms with Crippen molar-refractivity contribution >= 4 is 11.9 Å². The second kappa shape index (κ2) is 5.29. The molecule has 0 aliphatic heterocycles. The van der Waals surface area contributed by atoms with Gasteiger partial charge in [0.05, 0.1) is 5.92 Å². The highest BCUT2D eigenvalue weighted by Crippen LogP contribution is 2.58. The lowest BCUT2D eigenvalue weighted by Crippen LogP contribution is -2.62. The molecule has 1 atom stereocenters. The second-order valence-corrected chi connectivity index (χ2v) is 7.74. The molecule has 4 heteroatoms. The fourth-order valence-electron chi connectivity index (χ4n) is 5.50. The number of carbonyl (C=O) groups is 2. The average molecular weight is 293 g/mol. The molecule has 4 saturated carbocycles. The summed E-state index contributed by atoms with van der Waals surface area (Å²) in [7, 11) is 0. The molecular formula is C17H27NO3. The Morgan fingerprint density at radius 3 is 2.00 bits per heavy atom. The van der Waals surface area contributed by atoms with Crippen LogP contribution >= 0.6 is 0 Å². The minimum absolute atomic E-state index is 0.0223. The van der Waals surface area contributed by atoms with E-state index in [1.54, 1.807) is 6.92 Å². The van der Waals surface area contributed by atoms with Crippen LogP contribution in [0.25, 0.3) is 0 Å². The van der Waals surface area contributed by atoms with Crippen molar-refractivity contribution in [3.63, 3.8) is 0 Å². The smallest absolute Gasteiger partial charge is 0.308 e. The number of aliphatic carboxylic acids is 1. The first kappa shape index (κ1) is 14.9. The molecule has 21 heavy (non-hydrogen) atoms. The molecule has 0 heterocycles. The zero-order chi connectivity index (χ0) is 15.2. The van der Waals surface area contributed by atoms with Gasteiger partial charge < -0.3 is 10.0 Å². The van der Waals surface area contributed by atoms with Gasteiger partial charge in [-0.25, -0.2) is 0 Å². The molecule has 4 rings (SSSR count). The van der Waals surface area contributed by atoms with Crippen molar-refractivity contribution in [1.82, 2.24) is 4.90 Å². The zero-order valence-corrected chi connectivity index (χ0v) is 13.2. The van der Waals surface area contributed by atoms with E-state index >= 15 is 0 Å². The summed E-state index contributed by atoms with van der Waals surface area (Å²) in [5.41, 5.74) is -0.0223. The maximum Gasteiger partial charge on any atom is 0.308 e. The van der Waals surface area contributed by atoms with Gasteiger partial charge in [0, 0.05) is 18.5 Å². The first-order chi connectivity index (χ1) is 9.93. The van der Waals surface area contributed by atoms with Crippen LogP contribution in [0.15, 0.2) is 0 Å². The number of carboxylic acid groups (broad SMARTS) is 1. The Morgan fingerprint density at radius 1 is 1.14 bits per heavy atom. The summed E-state index contributed by atoms with van der Waals surface area (Å²) >= 11 is 0. The third-order valence-corrected chi connectivity index (χ3v) is 6.06. The monoisotopic (exact) mass is 293 g/mol.